The Hall–Kier alpha value is -1.45. The average molecular weight is 235 g/mol. The van der Waals surface area contributed by atoms with E-state index < -0.39 is 0 Å². The van der Waals surface area contributed by atoms with Crippen LogP contribution in [0.2, 0.25) is 0 Å². The zero-order valence-electron chi connectivity index (χ0n) is 10.7. The zero-order chi connectivity index (χ0) is 13.1. The summed E-state index contributed by atoms with van der Waals surface area (Å²) in [6.45, 7) is 3.34. The molecule has 0 unspecified atom stereocenters. The molecule has 1 aromatic rings. The van der Waals surface area contributed by atoms with Gasteiger partial charge in [-0.2, -0.15) is 0 Å². The van der Waals surface area contributed by atoms with Crippen molar-refractivity contribution in [2.45, 2.75) is 19.9 Å². The Bertz CT molecular complexity index is 329. The number of rotatable bonds is 4. The number of likely N-dealkylation sites (N-methyl/N-ethyl adjacent to an activating group) is 1. The molecular weight excluding hydrogens is 214 g/mol. The van der Waals surface area contributed by atoms with E-state index in [1.807, 2.05) is 31.2 Å². The molecule has 0 bridgehead atoms. The molecular formula is C14H21NO2. The van der Waals surface area contributed by atoms with Crippen LogP contribution in [0, 0.1) is 0 Å². The summed E-state index contributed by atoms with van der Waals surface area (Å²) in [5.74, 6) is -0.0324. The minimum absolute atomic E-state index is 0.0324. The fourth-order valence-corrected chi connectivity index (χ4v) is 1.18. The Labute approximate surface area is 103 Å². The van der Waals surface area contributed by atoms with Crippen molar-refractivity contribution >= 4 is 11.9 Å². The first-order valence-electron chi connectivity index (χ1n) is 5.62. The van der Waals surface area contributed by atoms with Gasteiger partial charge in [-0.15, -0.1) is 0 Å². The van der Waals surface area contributed by atoms with Crippen molar-refractivity contribution in [1.29, 1.82) is 0 Å². The lowest BCUT2D eigenvalue weighted by molar-refractivity contribution is -0.119. The van der Waals surface area contributed by atoms with Gasteiger partial charge in [0, 0.05) is 0 Å². The number of allylic oxidation sites excluding steroid dienone is 1. The van der Waals surface area contributed by atoms with Gasteiger partial charge < -0.3 is 10.4 Å². The normalized spacial score (nSPS) is 11.8. The number of ketones is 1. The third kappa shape index (κ3) is 7.44. The number of benzene rings is 1. The van der Waals surface area contributed by atoms with E-state index in [0.717, 1.165) is 0 Å². The molecule has 17 heavy (non-hydrogen) atoms. The maximum absolute atomic E-state index is 10.4. The first kappa shape index (κ1) is 15.6. The Kier molecular flexibility index (Phi) is 8.92. The van der Waals surface area contributed by atoms with Crippen LogP contribution in [0.3, 0.4) is 0 Å². The van der Waals surface area contributed by atoms with E-state index in [9.17, 15) is 4.79 Å². The van der Waals surface area contributed by atoms with Crippen molar-refractivity contribution in [3.63, 3.8) is 0 Å². The Morgan fingerprint density at radius 2 is 2.00 bits per heavy atom. The highest BCUT2D eigenvalue weighted by Gasteiger charge is 2.07. The molecule has 0 fully saturated rings. The van der Waals surface area contributed by atoms with Crippen LogP contribution in [0.5, 0.6) is 0 Å². The Balaban J connectivity index is 0.000000304. The molecule has 0 amide bonds. The van der Waals surface area contributed by atoms with Gasteiger partial charge in [0.05, 0.1) is 12.6 Å². The van der Waals surface area contributed by atoms with Gasteiger partial charge in [-0.05, 0) is 26.5 Å². The zero-order valence-corrected chi connectivity index (χ0v) is 10.7. The summed E-state index contributed by atoms with van der Waals surface area (Å²) in [6, 6.07) is 9.88. The van der Waals surface area contributed by atoms with E-state index >= 15 is 0 Å². The number of nitrogens with one attached hydrogen (secondary N) is 1. The van der Waals surface area contributed by atoms with E-state index in [1.165, 1.54) is 12.5 Å². The monoisotopic (exact) mass is 235 g/mol. The van der Waals surface area contributed by atoms with Gasteiger partial charge in [0.15, 0.2) is 0 Å². The highest BCUT2D eigenvalue weighted by Crippen LogP contribution is 1.99. The first-order chi connectivity index (χ1) is 8.15. The van der Waals surface area contributed by atoms with E-state index in [-0.39, 0.29) is 18.4 Å². The molecule has 1 rings (SSSR count). The minimum Gasteiger partial charge on any atom is -0.394 e. The van der Waals surface area contributed by atoms with Crippen LogP contribution in [-0.4, -0.2) is 30.6 Å². The van der Waals surface area contributed by atoms with Crippen molar-refractivity contribution in [2.75, 3.05) is 13.7 Å². The number of aliphatic hydroxyl groups excluding tert-OH is 1. The molecule has 0 aliphatic carbocycles. The Morgan fingerprint density at radius 1 is 1.41 bits per heavy atom. The molecule has 3 heteroatoms. The third-order valence-electron chi connectivity index (χ3n) is 2.18. The molecule has 0 heterocycles. The van der Waals surface area contributed by atoms with E-state index in [4.69, 9.17) is 5.11 Å². The molecule has 1 aromatic carbocycles. The Morgan fingerprint density at radius 3 is 2.29 bits per heavy atom. The van der Waals surface area contributed by atoms with Gasteiger partial charge >= 0.3 is 0 Å². The van der Waals surface area contributed by atoms with Crippen LogP contribution in [0.1, 0.15) is 19.4 Å². The van der Waals surface area contributed by atoms with Crippen molar-refractivity contribution in [3.8, 4) is 0 Å². The summed E-state index contributed by atoms with van der Waals surface area (Å²) in [7, 11) is 1.64. The lowest BCUT2D eigenvalue weighted by Gasteiger charge is -2.06. The third-order valence-corrected chi connectivity index (χ3v) is 2.18. The van der Waals surface area contributed by atoms with Gasteiger partial charge in [0.1, 0.15) is 5.78 Å². The molecule has 0 radical (unpaired) electrons. The number of Topliss-reactive ketones (excluding diaryl/α,β-unsaturated/α-hetero) is 1. The smallest absolute Gasteiger partial charge is 0.149 e. The van der Waals surface area contributed by atoms with Crippen LogP contribution >= 0.6 is 0 Å². The molecule has 0 saturated heterocycles. The summed E-state index contributed by atoms with van der Waals surface area (Å²) in [6.07, 6.45) is 4.12. The molecule has 0 spiro atoms. The number of hydrogen-bond donors (Lipinski definition) is 2. The van der Waals surface area contributed by atoms with Crippen molar-refractivity contribution in [1.82, 2.24) is 5.32 Å². The quantitative estimate of drug-likeness (QED) is 0.837. The maximum Gasteiger partial charge on any atom is 0.149 e. The molecule has 0 aromatic heterocycles. The van der Waals surface area contributed by atoms with Gasteiger partial charge in [-0.25, -0.2) is 0 Å². The molecule has 3 nitrogen and oxygen atoms in total. The summed E-state index contributed by atoms with van der Waals surface area (Å²) in [5, 5.41) is 11.1. The topological polar surface area (TPSA) is 49.3 Å². The fourth-order valence-electron chi connectivity index (χ4n) is 1.18. The highest BCUT2D eigenvalue weighted by atomic mass is 16.3. The predicted molar refractivity (Wildman–Crippen MR) is 71.8 cm³/mol. The van der Waals surface area contributed by atoms with E-state index in [1.54, 1.807) is 7.05 Å². The van der Waals surface area contributed by atoms with Crippen LogP contribution < -0.4 is 5.32 Å². The maximum atomic E-state index is 10.4. The second kappa shape index (κ2) is 9.75. The lowest BCUT2D eigenvalue weighted by atomic mass is 10.2. The SMILES string of the molecule is CC=Cc1ccccc1.CN[C@H](CO)C(C)=O. The van der Waals surface area contributed by atoms with Crippen LogP contribution in [-0.2, 0) is 4.79 Å². The van der Waals surface area contributed by atoms with E-state index in [0.29, 0.717) is 0 Å². The van der Waals surface area contributed by atoms with Gasteiger partial charge in [-0.1, -0.05) is 42.5 Å². The first-order valence-corrected chi connectivity index (χ1v) is 5.62. The minimum atomic E-state index is -0.380. The number of hydrogen-bond acceptors (Lipinski definition) is 3. The summed E-state index contributed by atoms with van der Waals surface area (Å²) < 4.78 is 0. The molecule has 2 N–H and O–H groups in total. The molecule has 0 aliphatic heterocycles. The molecule has 1 atom stereocenters. The second-order valence-corrected chi connectivity index (χ2v) is 3.55. The molecule has 0 saturated carbocycles. The summed E-state index contributed by atoms with van der Waals surface area (Å²) >= 11 is 0. The lowest BCUT2D eigenvalue weighted by Crippen LogP contribution is -2.35. The number of carbonyl (C=O) groups excluding carboxylic acids is 1. The van der Waals surface area contributed by atoms with Gasteiger partial charge in [0.2, 0.25) is 0 Å². The van der Waals surface area contributed by atoms with Crippen LogP contribution in [0.4, 0.5) is 0 Å². The summed E-state index contributed by atoms with van der Waals surface area (Å²) in [4.78, 5) is 10.4. The largest absolute Gasteiger partial charge is 0.394 e. The number of aliphatic hydroxyl groups is 1. The number of carbonyl (C=O) groups is 1. The second-order valence-electron chi connectivity index (χ2n) is 3.55. The van der Waals surface area contributed by atoms with Crippen molar-refractivity contribution in [3.05, 3.63) is 42.0 Å². The molecule has 0 aliphatic rings. The van der Waals surface area contributed by atoms with Crippen LogP contribution in [0.15, 0.2) is 36.4 Å². The average Bonchev–Trinajstić information content (AvgIpc) is 2.33. The molecule has 94 valence electrons. The van der Waals surface area contributed by atoms with Gasteiger partial charge in [0.25, 0.3) is 0 Å². The van der Waals surface area contributed by atoms with Gasteiger partial charge in [-0.3, -0.25) is 4.79 Å². The standard InChI is InChI=1S/C9H10.C5H11NO2/c1-2-6-9-7-4-3-5-8-9;1-4(8)5(3-7)6-2/h2-8H,1H3;5-7H,3H2,1-2H3/t;5-/m.1/s1. The predicted octanol–water partition coefficient (Wildman–Crippen LogP) is 1.88. The fraction of sp³-hybridized carbons (Fsp3) is 0.357. The van der Waals surface area contributed by atoms with E-state index in [2.05, 4.69) is 23.5 Å². The van der Waals surface area contributed by atoms with Crippen LogP contribution in [0.25, 0.3) is 6.08 Å². The highest BCUT2D eigenvalue weighted by molar-refractivity contribution is 5.81. The van der Waals surface area contributed by atoms with Crippen molar-refractivity contribution in [2.24, 2.45) is 0 Å². The summed E-state index contributed by atoms with van der Waals surface area (Å²) in [5.41, 5.74) is 1.26. The van der Waals surface area contributed by atoms with Crippen molar-refractivity contribution < 1.29 is 9.90 Å².